The lowest BCUT2D eigenvalue weighted by Crippen LogP contribution is -2.59. The molecule has 2 heterocycles. The van der Waals surface area contributed by atoms with Crippen molar-refractivity contribution in [1.82, 2.24) is 0 Å². The fraction of sp³-hybridized carbons (Fsp3) is 0.588. The maximum atomic E-state index is 12.3. The summed E-state index contributed by atoms with van der Waals surface area (Å²) in [5, 5.41) is 11.5. The third-order valence-corrected chi connectivity index (χ3v) is 5.56. The number of fused-ring (bicyclic) bond motifs is 1. The average Bonchev–Trinajstić information content (AvgIpc) is 3.02. The second-order valence-electron chi connectivity index (χ2n) is 6.97. The predicted molar refractivity (Wildman–Crippen MR) is 77.2 cm³/mol. The predicted octanol–water partition coefficient (Wildman–Crippen LogP) is 3.09. The first kappa shape index (κ1) is 14.4. The minimum Gasteiger partial charge on any atom is -0.472 e. The van der Waals surface area contributed by atoms with Crippen LogP contribution in [0, 0.1) is 23.2 Å². The Labute approximate surface area is 124 Å². The van der Waals surface area contributed by atoms with Crippen LogP contribution < -0.4 is 0 Å². The molecule has 2 fully saturated rings. The number of hydrogen-bond acceptors (Lipinski definition) is 4. The molecule has 1 N–H and O–H groups in total. The van der Waals surface area contributed by atoms with Gasteiger partial charge in [0.1, 0.15) is 6.10 Å². The molecule has 4 nitrogen and oxygen atoms in total. The van der Waals surface area contributed by atoms with Crippen LogP contribution in [0.3, 0.4) is 0 Å². The zero-order valence-corrected chi connectivity index (χ0v) is 12.7. The number of furan rings is 1. The fourth-order valence-electron chi connectivity index (χ4n) is 4.41. The van der Waals surface area contributed by atoms with Crippen LogP contribution in [0.2, 0.25) is 0 Å². The smallest absolute Gasteiger partial charge is 0.312 e. The molecule has 0 amide bonds. The van der Waals surface area contributed by atoms with E-state index >= 15 is 0 Å². The Balaban J connectivity index is 2.14. The minimum atomic E-state index is -1.11. The van der Waals surface area contributed by atoms with Crippen LogP contribution in [0.4, 0.5) is 0 Å². The zero-order chi connectivity index (χ0) is 15.4. The van der Waals surface area contributed by atoms with E-state index in [0.717, 1.165) is 12.0 Å². The summed E-state index contributed by atoms with van der Waals surface area (Å²) >= 11 is 0. The minimum absolute atomic E-state index is 0.0976. The van der Waals surface area contributed by atoms with Crippen molar-refractivity contribution in [2.75, 3.05) is 0 Å². The highest BCUT2D eigenvalue weighted by Gasteiger charge is 2.67. The molecular formula is C17H22O4. The van der Waals surface area contributed by atoms with Gasteiger partial charge in [-0.25, -0.2) is 0 Å². The largest absolute Gasteiger partial charge is 0.472 e. The van der Waals surface area contributed by atoms with Crippen LogP contribution in [0.25, 0.3) is 0 Å². The lowest BCUT2D eigenvalue weighted by atomic mass is 9.63. The SMILES string of the molecule is C=C[C@@H]1CC(C)(C)[C@]2(O)[C@H]1[C@@H](c1ccoc1)OC(=O)[C@H]2C. The number of aliphatic hydroxyl groups is 1. The number of cyclic esters (lactones) is 1. The van der Waals surface area contributed by atoms with Gasteiger partial charge in [0, 0.05) is 11.5 Å². The lowest BCUT2D eigenvalue weighted by molar-refractivity contribution is -0.216. The van der Waals surface area contributed by atoms with E-state index in [4.69, 9.17) is 9.15 Å². The monoisotopic (exact) mass is 290 g/mol. The van der Waals surface area contributed by atoms with E-state index in [0.29, 0.717) is 0 Å². The van der Waals surface area contributed by atoms with Gasteiger partial charge < -0.3 is 14.3 Å². The molecular weight excluding hydrogens is 268 g/mol. The first-order chi connectivity index (χ1) is 9.83. The highest BCUT2D eigenvalue weighted by atomic mass is 16.6. The van der Waals surface area contributed by atoms with E-state index in [1.54, 1.807) is 25.5 Å². The van der Waals surface area contributed by atoms with Gasteiger partial charge in [0.05, 0.1) is 24.0 Å². The second-order valence-corrected chi connectivity index (χ2v) is 6.97. The molecule has 1 saturated carbocycles. The van der Waals surface area contributed by atoms with E-state index in [1.807, 2.05) is 19.9 Å². The zero-order valence-electron chi connectivity index (χ0n) is 12.7. The molecule has 1 aliphatic heterocycles. The Morgan fingerprint density at radius 2 is 2.19 bits per heavy atom. The van der Waals surface area contributed by atoms with Crippen molar-refractivity contribution in [3.05, 3.63) is 36.8 Å². The number of rotatable bonds is 2. The van der Waals surface area contributed by atoms with E-state index in [1.165, 1.54) is 0 Å². The molecule has 1 aliphatic carbocycles. The van der Waals surface area contributed by atoms with Gasteiger partial charge in [-0.1, -0.05) is 19.9 Å². The molecule has 3 rings (SSSR count). The van der Waals surface area contributed by atoms with Crippen LogP contribution in [-0.4, -0.2) is 16.7 Å². The van der Waals surface area contributed by atoms with Crippen molar-refractivity contribution in [3.8, 4) is 0 Å². The summed E-state index contributed by atoms with van der Waals surface area (Å²) in [5.41, 5.74) is -0.691. The molecule has 0 radical (unpaired) electrons. The Morgan fingerprint density at radius 1 is 1.48 bits per heavy atom. The molecule has 21 heavy (non-hydrogen) atoms. The van der Waals surface area contributed by atoms with Crippen LogP contribution in [0.15, 0.2) is 35.7 Å². The fourth-order valence-corrected chi connectivity index (χ4v) is 4.41. The third-order valence-electron chi connectivity index (χ3n) is 5.56. The average molecular weight is 290 g/mol. The summed E-state index contributed by atoms with van der Waals surface area (Å²) in [6.07, 6.45) is 5.32. The highest BCUT2D eigenvalue weighted by molar-refractivity contribution is 5.75. The summed E-state index contributed by atoms with van der Waals surface area (Å²) in [4.78, 5) is 12.3. The second kappa shape index (κ2) is 4.47. The lowest BCUT2D eigenvalue weighted by Gasteiger charge is -2.49. The first-order valence-electron chi connectivity index (χ1n) is 7.40. The van der Waals surface area contributed by atoms with E-state index in [2.05, 4.69) is 6.58 Å². The molecule has 0 aromatic carbocycles. The van der Waals surface area contributed by atoms with Crippen LogP contribution in [0.5, 0.6) is 0 Å². The van der Waals surface area contributed by atoms with Gasteiger partial charge in [0.25, 0.3) is 0 Å². The molecule has 1 aromatic heterocycles. The Morgan fingerprint density at radius 3 is 2.76 bits per heavy atom. The molecule has 4 heteroatoms. The highest BCUT2D eigenvalue weighted by Crippen LogP contribution is 2.62. The molecule has 2 aliphatic rings. The summed E-state index contributed by atoms with van der Waals surface area (Å²) in [7, 11) is 0. The van der Waals surface area contributed by atoms with Crippen molar-refractivity contribution in [1.29, 1.82) is 0 Å². The maximum absolute atomic E-state index is 12.3. The van der Waals surface area contributed by atoms with E-state index < -0.39 is 17.6 Å². The van der Waals surface area contributed by atoms with Crippen molar-refractivity contribution in [2.24, 2.45) is 23.2 Å². The van der Waals surface area contributed by atoms with Gasteiger partial charge in [-0.3, -0.25) is 4.79 Å². The summed E-state index contributed by atoms with van der Waals surface area (Å²) in [5.74, 6) is -1.00. The maximum Gasteiger partial charge on any atom is 0.312 e. The van der Waals surface area contributed by atoms with Gasteiger partial charge in [0.2, 0.25) is 0 Å². The molecule has 0 unspecified atom stereocenters. The Bertz CT molecular complexity index is 559. The number of carbonyl (C=O) groups is 1. The number of ether oxygens (including phenoxy) is 1. The molecule has 1 saturated heterocycles. The number of carbonyl (C=O) groups excluding carboxylic acids is 1. The molecule has 114 valence electrons. The van der Waals surface area contributed by atoms with E-state index in [-0.39, 0.29) is 23.2 Å². The Kier molecular flexibility index (Phi) is 3.06. The third kappa shape index (κ3) is 1.75. The normalized spacial score (nSPS) is 41.4. The topological polar surface area (TPSA) is 59.7 Å². The first-order valence-corrected chi connectivity index (χ1v) is 7.40. The van der Waals surface area contributed by atoms with Crippen molar-refractivity contribution in [3.63, 3.8) is 0 Å². The van der Waals surface area contributed by atoms with Gasteiger partial charge in [-0.05, 0) is 30.7 Å². The van der Waals surface area contributed by atoms with E-state index in [9.17, 15) is 9.90 Å². The Hall–Kier alpha value is -1.55. The van der Waals surface area contributed by atoms with Crippen LogP contribution in [0.1, 0.15) is 38.9 Å². The van der Waals surface area contributed by atoms with Crippen molar-refractivity contribution >= 4 is 5.97 Å². The van der Waals surface area contributed by atoms with Crippen LogP contribution >= 0.6 is 0 Å². The van der Waals surface area contributed by atoms with Crippen molar-refractivity contribution in [2.45, 2.75) is 38.9 Å². The number of allylic oxidation sites excluding steroid dienone is 1. The standard InChI is InChI=1S/C17H22O4/c1-5-11-8-16(3,4)17(19)10(2)15(18)21-14(13(11)17)12-6-7-20-9-12/h5-7,9-11,13-14,19H,1,8H2,2-4H3/t10-,11-,13-,14-,17-/m1/s1. The number of esters is 1. The van der Waals surface area contributed by atoms with Gasteiger partial charge in [-0.15, -0.1) is 6.58 Å². The molecule has 5 atom stereocenters. The van der Waals surface area contributed by atoms with Crippen molar-refractivity contribution < 1.29 is 19.1 Å². The quantitative estimate of drug-likeness (QED) is 0.671. The van der Waals surface area contributed by atoms with Crippen LogP contribution in [-0.2, 0) is 9.53 Å². The molecule has 1 aromatic rings. The van der Waals surface area contributed by atoms with Gasteiger partial charge in [-0.2, -0.15) is 0 Å². The number of hydrogen-bond donors (Lipinski definition) is 1. The van der Waals surface area contributed by atoms with Gasteiger partial charge in [0.15, 0.2) is 0 Å². The summed E-state index contributed by atoms with van der Waals surface area (Å²) < 4.78 is 10.8. The summed E-state index contributed by atoms with van der Waals surface area (Å²) in [6.45, 7) is 9.71. The molecule has 0 spiro atoms. The summed E-state index contributed by atoms with van der Waals surface area (Å²) in [6, 6.07) is 1.79. The van der Waals surface area contributed by atoms with Gasteiger partial charge >= 0.3 is 5.97 Å². The molecule has 0 bridgehead atoms.